The number of alkyl halides is 1. The number of halogens is 1. The molecule has 0 aliphatic carbocycles. The zero-order chi connectivity index (χ0) is 18.5. The number of imidazole rings is 1. The number of aromatic hydroxyl groups is 1. The molecule has 1 amide bonds. The SMILES string of the molecule is O=C(c1nc2ccccc2[nH]1)N1C[C@@H](CCl)c2c1cc(O)c1ccccc21. The number of aromatic amines is 1. The number of nitrogens with zero attached hydrogens (tertiary/aromatic N) is 2. The first-order valence-electron chi connectivity index (χ1n) is 8.74. The van der Waals surface area contributed by atoms with Gasteiger partial charge < -0.3 is 15.0 Å². The number of nitrogens with one attached hydrogen (secondary N) is 1. The van der Waals surface area contributed by atoms with E-state index >= 15 is 0 Å². The maximum atomic E-state index is 13.2. The van der Waals surface area contributed by atoms with E-state index in [-0.39, 0.29) is 23.4 Å². The van der Waals surface area contributed by atoms with Gasteiger partial charge in [0.25, 0.3) is 5.91 Å². The molecule has 5 nitrogen and oxygen atoms in total. The number of benzene rings is 3. The minimum Gasteiger partial charge on any atom is -0.507 e. The van der Waals surface area contributed by atoms with E-state index in [9.17, 15) is 9.90 Å². The second-order valence-corrected chi connectivity index (χ2v) is 7.05. The Hall–Kier alpha value is -3.05. The molecule has 0 bridgehead atoms. The number of para-hydroxylation sites is 2. The van der Waals surface area contributed by atoms with Gasteiger partial charge >= 0.3 is 0 Å². The van der Waals surface area contributed by atoms with Gasteiger partial charge in [-0.15, -0.1) is 11.6 Å². The van der Waals surface area contributed by atoms with Gasteiger partial charge in [-0.2, -0.15) is 0 Å². The zero-order valence-electron chi connectivity index (χ0n) is 14.3. The van der Waals surface area contributed by atoms with Crippen LogP contribution in [-0.4, -0.2) is 33.4 Å². The summed E-state index contributed by atoms with van der Waals surface area (Å²) < 4.78 is 0. The van der Waals surface area contributed by atoms with E-state index in [1.807, 2.05) is 48.5 Å². The molecule has 2 heterocycles. The average molecular weight is 378 g/mol. The molecule has 4 aromatic rings. The minimum absolute atomic E-state index is 0.000458. The topological polar surface area (TPSA) is 69.2 Å². The van der Waals surface area contributed by atoms with Crippen molar-refractivity contribution in [2.75, 3.05) is 17.3 Å². The molecular weight excluding hydrogens is 362 g/mol. The Morgan fingerprint density at radius 3 is 2.70 bits per heavy atom. The maximum Gasteiger partial charge on any atom is 0.294 e. The van der Waals surface area contributed by atoms with Crippen molar-refractivity contribution in [1.29, 1.82) is 0 Å². The number of hydrogen-bond donors (Lipinski definition) is 2. The summed E-state index contributed by atoms with van der Waals surface area (Å²) in [5.74, 6) is 0.605. The predicted molar refractivity (Wildman–Crippen MR) is 107 cm³/mol. The number of hydrogen-bond acceptors (Lipinski definition) is 3. The van der Waals surface area contributed by atoms with E-state index in [1.54, 1.807) is 11.0 Å². The fourth-order valence-electron chi connectivity index (χ4n) is 3.93. The first-order valence-corrected chi connectivity index (χ1v) is 9.28. The highest BCUT2D eigenvalue weighted by molar-refractivity contribution is 6.19. The molecule has 134 valence electrons. The van der Waals surface area contributed by atoms with Gasteiger partial charge in [-0.25, -0.2) is 4.98 Å². The van der Waals surface area contributed by atoms with Crippen molar-refractivity contribution in [3.8, 4) is 5.75 Å². The summed E-state index contributed by atoms with van der Waals surface area (Å²) in [6, 6.07) is 16.8. The molecule has 0 fully saturated rings. The molecule has 3 aromatic carbocycles. The molecule has 0 saturated carbocycles. The number of fused-ring (bicyclic) bond motifs is 4. The zero-order valence-corrected chi connectivity index (χ0v) is 15.1. The number of anilines is 1. The van der Waals surface area contributed by atoms with E-state index in [1.165, 1.54) is 0 Å². The average Bonchev–Trinajstić information content (AvgIpc) is 3.29. The number of amides is 1. The van der Waals surface area contributed by atoms with E-state index < -0.39 is 0 Å². The third kappa shape index (κ3) is 2.39. The second kappa shape index (κ2) is 5.99. The molecule has 2 N–H and O–H groups in total. The molecule has 1 atom stereocenters. The lowest BCUT2D eigenvalue weighted by Crippen LogP contribution is -2.30. The molecule has 1 aromatic heterocycles. The van der Waals surface area contributed by atoms with Crippen LogP contribution in [0.15, 0.2) is 54.6 Å². The molecule has 1 aliphatic rings. The monoisotopic (exact) mass is 377 g/mol. The molecule has 1 aliphatic heterocycles. The van der Waals surface area contributed by atoms with Crippen molar-refractivity contribution < 1.29 is 9.90 Å². The van der Waals surface area contributed by atoms with Crippen LogP contribution in [0.1, 0.15) is 22.1 Å². The number of aromatic nitrogens is 2. The van der Waals surface area contributed by atoms with Crippen LogP contribution in [0.5, 0.6) is 5.75 Å². The van der Waals surface area contributed by atoms with Gasteiger partial charge in [-0.3, -0.25) is 4.79 Å². The number of phenols is 1. The molecule has 6 heteroatoms. The van der Waals surface area contributed by atoms with Gasteiger partial charge in [-0.1, -0.05) is 36.4 Å². The molecule has 0 spiro atoms. The predicted octanol–water partition coefficient (Wildman–Crippen LogP) is 4.40. The van der Waals surface area contributed by atoms with Crippen LogP contribution < -0.4 is 4.90 Å². The van der Waals surface area contributed by atoms with Crippen molar-refractivity contribution >= 4 is 45.0 Å². The maximum absolute atomic E-state index is 13.2. The lowest BCUT2D eigenvalue weighted by molar-refractivity contribution is 0.0979. The number of carbonyl (C=O) groups is 1. The van der Waals surface area contributed by atoms with Crippen LogP contribution in [0, 0.1) is 0 Å². The van der Waals surface area contributed by atoms with Crippen LogP contribution in [-0.2, 0) is 0 Å². The summed E-state index contributed by atoms with van der Waals surface area (Å²) in [5, 5.41) is 12.2. The van der Waals surface area contributed by atoms with Crippen molar-refractivity contribution in [1.82, 2.24) is 9.97 Å². The van der Waals surface area contributed by atoms with Crippen molar-refractivity contribution in [3.63, 3.8) is 0 Å². The molecule has 0 saturated heterocycles. The fourth-order valence-corrected chi connectivity index (χ4v) is 4.18. The summed E-state index contributed by atoms with van der Waals surface area (Å²) in [7, 11) is 0. The Bertz CT molecular complexity index is 1170. The van der Waals surface area contributed by atoms with Gasteiger partial charge in [0.05, 0.1) is 16.7 Å². The summed E-state index contributed by atoms with van der Waals surface area (Å²) >= 11 is 6.23. The molecular formula is C21H16ClN3O2. The number of H-pyrrole nitrogens is 1. The molecule has 5 rings (SSSR count). The Morgan fingerprint density at radius 1 is 1.19 bits per heavy atom. The summed E-state index contributed by atoms with van der Waals surface area (Å²) in [4.78, 5) is 22.4. The van der Waals surface area contributed by atoms with Gasteiger partial charge in [-0.05, 0) is 23.1 Å². The Labute approximate surface area is 160 Å². The van der Waals surface area contributed by atoms with E-state index in [0.29, 0.717) is 18.1 Å². The van der Waals surface area contributed by atoms with Crippen LogP contribution >= 0.6 is 11.6 Å². The fraction of sp³-hybridized carbons (Fsp3) is 0.143. The van der Waals surface area contributed by atoms with Crippen LogP contribution in [0.2, 0.25) is 0 Å². The Kier molecular flexibility index (Phi) is 3.58. The van der Waals surface area contributed by atoms with Crippen molar-refractivity contribution in [3.05, 3.63) is 66.0 Å². The third-order valence-corrected chi connectivity index (χ3v) is 5.54. The third-order valence-electron chi connectivity index (χ3n) is 5.17. The normalized spacial score (nSPS) is 16.2. The first-order chi connectivity index (χ1) is 13.2. The largest absolute Gasteiger partial charge is 0.507 e. The van der Waals surface area contributed by atoms with Crippen LogP contribution in [0.25, 0.3) is 21.8 Å². The summed E-state index contributed by atoms with van der Waals surface area (Å²) in [6.45, 7) is 0.460. The first kappa shape index (κ1) is 16.1. The van der Waals surface area contributed by atoms with Crippen LogP contribution in [0.4, 0.5) is 5.69 Å². The van der Waals surface area contributed by atoms with Gasteiger partial charge in [0.15, 0.2) is 5.82 Å². The smallest absolute Gasteiger partial charge is 0.294 e. The van der Waals surface area contributed by atoms with Gasteiger partial charge in [0.2, 0.25) is 0 Å². The lowest BCUT2D eigenvalue weighted by Gasteiger charge is -2.17. The lowest BCUT2D eigenvalue weighted by atomic mass is 9.95. The highest BCUT2D eigenvalue weighted by Gasteiger charge is 2.35. The molecule has 0 radical (unpaired) electrons. The van der Waals surface area contributed by atoms with Crippen LogP contribution in [0.3, 0.4) is 0 Å². The number of carbonyl (C=O) groups excluding carboxylic acids is 1. The summed E-state index contributed by atoms with van der Waals surface area (Å²) in [6.07, 6.45) is 0. The van der Waals surface area contributed by atoms with E-state index in [2.05, 4.69) is 9.97 Å². The van der Waals surface area contributed by atoms with Crippen molar-refractivity contribution in [2.45, 2.75) is 5.92 Å². The van der Waals surface area contributed by atoms with Gasteiger partial charge in [0, 0.05) is 29.8 Å². The van der Waals surface area contributed by atoms with Gasteiger partial charge in [0.1, 0.15) is 5.75 Å². The standard InChI is InChI=1S/C21H16ClN3O2/c22-10-12-11-25(21(27)20-23-15-7-3-4-8-16(15)24-20)17-9-18(26)13-5-1-2-6-14(13)19(12)17/h1-9,12,26H,10-11H2,(H,23,24)/t12-/m1/s1. The number of phenolic OH excluding ortho intramolecular Hbond substituents is 1. The van der Waals surface area contributed by atoms with E-state index in [4.69, 9.17) is 11.6 Å². The number of rotatable bonds is 2. The van der Waals surface area contributed by atoms with E-state index in [0.717, 1.165) is 27.4 Å². The quantitative estimate of drug-likeness (QED) is 0.508. The summed E-state index contributed by atoms with van der Waals surface area (Å²) in [5.41, 5.74) is 3.26. The second-order valence-electron chi connectivity index (χ2n) is 6.74. The highest BCUT2D eigenvalue weighted by atomic mass is 35.5. The molecule has 0 unspecified atom stereocenters. The Morgan fingerprint density at radius 2 is 1.93 bits per heavy atom. The highest BCUT2D eigenvalue weighted by Crippen LogP contribution is 2.45. The Balaban J connectivity index is 1.66. The minimum atomic E-state index is -0.227. The van der Waals surface area contributed by atoms with Crippen molar-refractivity contribution in [2.24, 2.45) is 0 Å². The molecule has 27 heavy (non-hydrogen) atoms.